The van der Waals surface area contributed by atoms with Crippen molar-refractivity contribution in [2.45, 2.75) is 5.92 Å². The summed E-state index contributed by atoms with van der Waals surface area (Å²) in [5.41, 5.74) is 0.324. The van der Waals surface area contributed by atoms with Crippen LogP contribution in [0.15, 0.2) is 63.9 Å². The SMILES string of the molecule is N#CC(C(=O)c1cc(=O)c2ccccc2o1)c1ccccn1. The lowest BCUT2D eigenvalue weighted by Gasteiger charge is -2.07. The Balaban J connectivity index is 2.09. The highest BCUT2D eigenvalue weighted by Gasteiger charge is 2.25. The normalized spacial score (nSPS) is 11.8. The molecule has 3 rings (SSSR count). The molecule has 0 fully saturated rings. The van der Waals surface area contributed by atoms with Gasteiger partial charge in [-0.1, -0.05) is 18.2 Å². The number of Topliss-reactive ketones (excluding diaryl/α,β-unsaturated/α-hetero) is 1. The van der Waals surface area contributed by atoms with Crippen molar-refractivity contribution in [1.29, 1.82) is 5.26 Å². The third-order valence-electron chi connectivity index (χ3n) is 3.25. The third kappa shape index (κ3) is 2.38. The van der Waals surface area contributed by atoms with Crippen LogP contribution in [0, 0.1) is 11.3 Å². The first-order valence-corrected chi connectivity index (χ1v) is 6.58. The van der Waals surface area contributed by atoms with Crippen LogP contribution >= 0.6 is 0 Å². The average Bonchev–Trinajstić information content (AvgIpc) is 2.56. The summed E-state index contributed by atoms with van der Waals surface area (Å²) in [6.45, 7) is 0. The van der Waals surface area contributed by atoms with Crippen LogP contribution < -0.4 is 5.43 Å². The maximum absolute atomic E-state index is 12.5. The van der Waals surface area contributed by atoms with E-state index in [4.69, 9.17) is 4.42 Å². The van der Waals surface area contributed by atoms with E-state index < -0.39 is 11.7 Å². The Morgan fingerprint density at radius 3 is 2.68 bits per heavy atom. The lowest BCUT2D eigenvalue weighted by atomic mass is 9.99. The van der Waals surface area contributed by atoms with Crippen LogP contribution in [0.2, 0.25) is 0 Å². The lowest BCUT2D eigenvalue weighted by molar-refractivity contribution is 0.0951. The van der Waals surface area contributed by atoms with Gasteiger partial charge < -0.3 is 4.42 Å². The highest BCUT2D eigenvalue weighted by molar-refractivity contribution is 6.01. The van der Waals surface area contributed by atoms with Gasteiger partial charge in [0.15, 0.2) is 17.1 Å². The smallest absolute Gasteiger partial charge is 0.221 e. The molecule has 2 heterocycles. The summed E-state index contributed by atoms with van der Waals surface area (Å²) in [5.74, 6) is -1.82. The molecule has 1 atom stereocenters. The molecule has 0 amide bonds. The second-order valence-corrected chi connectivity index (χ2v) is 4.65. The number of ketones is 1. The molecule has 106 valence electrons. The van der Waals surface area contributed by atoms with Crippen molar-refractivity contribution in [2.75, 3.05) is 0 Å². The molecule has 2 aromatic heterocycles. The maximum atomic E-state index is 12.5. The molecule has 22 heavy (non-hydrogen) atoms. The van der Waals surface area contributed by atoms with Gasteiger partial charge in [-0.2, -0.15) is 5.26 Å². The van der Waals surface area contributed by atoms with Crippen molar-refractivity contribution >= 4 is 16.8 Å². The zero-order valence-corrected chi connectivity index (χ0v) is 11.4. The third-order valence-corrected chi connectivity index (χ3v) is 3.25. The van der Waals surface area contributed by atoms with Crippen LogP contribution in [-0.2, 0) is 0 Å². The lowest BCUT2D eigenvalue weighted by Crippen LogP contribution is -2.15. The van der Waals surface area contributed by atoms with Gasteiger partial charge in [0, 0.05) is 12.3 Å². The van der Waals surface area contributed by atoms with Gasteiger partial charge in [-0.05, 0) is 24.3 Å². The molecular weight excluding hydrogens is 280 g/mol. The van der Waals surface area contributed by atoms with E-state index in [1.54, 1.807) is 42.5 Å². The monoisotopic (exact) mass is 290 g/mol. The highest BCUT2D eigenvalue weighted by Crippen LogP contribution is 2.20. The van der Waals surface area contributed by atoms with Crippen molar-refractivity contribution < 1.29 is 9.21 Å². The second-order valence-electron chi connectivity index (χ2n) is 4.65. The van der Waals surface area contributed by atoms with E-state index in [0.29, 0.717) is 16.7 Å². The van der Waals surface area contributed by atoms with E-state index in [2.05, 4.69) is 4.98 Å². The first-order valence-electron chi connectivity index (χ1n) is 6.58. The number of nitrogens with zero attached hydrogens (tertiary/aromatic N) is 2. The molecule has 1 aromatic carbocycles. The molecule has 0 aliphatic rings. The molecule has 0 saturated heterocycles. The fraction of sp³-hybridized carbons (Fsp3) is 0.0588. The molecule has 3 aromatic rings. The van der Waals surface area contributed by atoms with Crippen LogP contribution in [0.1, 0.15) is 22.2 Å². The summed E-state index contributed by atoms with van der Waals surface area (Å²) in [4.78, 5) is 28.5. The molecule has 5 heteroatoms. The molecule has 0 aliphatic carbocycles. The van der Waals surface area contributed by atoms with Crippen LogP contribution in [-0.4, -0.2) is 10.8 Å². The van der Waals surface area contributed by atoms with Gasteiger partial charge in [0.25, 0.3) is 0 Å². The molecule has 5 nitrogen and oxygen atoms in total. The van der Waals surface area contributed by atoms with E-state index in [1.165, 1.54) is 6.20 Å². The molecular formula is C17H10N2O3. The fourth-order valence-corrected chi connectivity index (χ4v) is 2.17. The van der Waals surface area contributed by atoms with Gasteiger partial charge in [-0.15, -0.1) is 0 Å². The Morgan fingerprint density at radius 1 is 1.18 bits per heavy atom. The van der Waals surface area contributed by atoms with Crippen LogP contribution in [0.3, 0.4) is 0 Å². The molecule has 0 spiro atoms. The topological polar surface area (TPSA) is 84.0 Å². The van der Waals surface area contributed by atoms with Gasteiger partial charge in [-0.25, -0.2) is 0 Å². The largest absolute Gasteiger partial charge is 0.453 e. The summed E-state index contributed by atoms with van der Waals surface area (Å²) < 4.78 is 5.48. The minimum Gasteiger partial charge on any atom is -0.453 e. The number of aromatic nitrogens is 1. The number of hydrogen-bond acceptors (Lipinski definition) is 5. The molecule has 0 saturated carbocycles. The standard InChI is InChI=1S/C17H10N2O3/c18-10-12(13-6-3-4-8-19-13)17(21)16-9-14(20)11-5-1-2-7-15(11)22-16/h1-9,12H. The van der Waals surface area contributed by atoms with Crippen LogP contribution in [0.4, 0.5) is 0 Å². The van der Waals surface area contributed by atoms with Gasteiger partial charge in [0.05, 0.1) is 17.1 Å². The number of carbonyl (C=O) groups excluding carboxylic acids is 1. The summed E-state index contributed by atoms with van der Waals surface area (Å²) in [7, 11) is 0. The number of rotatable bonds is 3. The Labute approximate surface area is 125 Å². The predicted molar refractivity (Wildman–Crippen MR) is 79.4 cm³/mol. The number of pyridine rings is 1. The Kier molecular flexibility index (Phi) is 3.50. The second kappa shape index (κ2) is 5.62. The number of hydrogen-bond donors (Lipinski definition) is 0. The Bertz CT molecular complexity index is 939. The van der Waals surface area contributed by atoms with E-state index in [-0.39, 0.29) is 11.2 Å². The van der Waals surface area contributed by atoms with Crippen molar-refractivity contribution in [3.05, 3.63) is 76.4 Å². The first kappa shape index (κ1) is 13.7. The average molecular weight is 290 g/mol. The van der Waals surface area contributed by atoms with Crippen molar-refractivity contribution in [1.82, 2.24) is 4.98 Å². The highest BCUT2D eigenvalue weighted by atomic mass is 16.3. The van der Waals surface area contributed by atoms with Gasteiger partial charge >= 0.3 is 0 Å². The number of fused-ring (bicyclic) bond motifs is 1. The van der Waals surface area contributed by atoms with Gasteiger partial charge in [-0.3, -0.25) is 14.6 Å². The summed E-state index contributed by atoms with van der Waals surface area (Å²) in [6, 6.07) is 14.7. The zero-order chi connectivity index (χ0) is 15.5. The van der Waals surface area contributed by atoms with E-state index in [0.717, 1.165) is 6.07 Å². The van der Waals surface area contributed by atoms with E-state index in [1.807, 2.05) is 6.07 Å². The Morgan fingerprint density at radius 2 is 1.95 bits per heavy atom. The summed E-state index contributed by atoms with van der Waals surface area (Å²) in [6.07, 6.45) is 1.50. The maximum Gasteiger partial charge on any atom is 0.221 e. The van der Waals surface area contributed by atoms with Gasteiger partial charge in [0.1, 0.15) is 5.58 Å². The number of para-hydroxylation sites is 1. The molecule has 1 unspecified atom stereocenters. The van der Waals surface area contributed by atoms with Crippen molar-refractivity contribution in [2.24, 2.45) is 0 Å². The molecule has 0 aliphatic heterocycles. The minimum atomic E-state index is -1.11. The number of carbonyl (C=O) groups is 1. The summed E-state index contributed by atoms with van der Waals surface area (Å²) >= 11 is 0. The zero-order valence-electron chi connectivity index (χ0n) is 11.4. The molecule has 0 N–H and O–H groups in total. The first-order chi connectivity index (χ1) is 10.7. The van der Waals surface area contributed by atoms with Crippen LogP contribution in [0.5, 0.6) is 0 Å². The summed E-state index contributed by atoms with van der Waals surface area (Å²) in [5, 5.41) is 9.66. The Hall–Kier alpha value is -3.26. The predicted octanol–water partition coefficient (Wildman–Crippen LogP) is 2.68. The molecule has 0 bridgehead atoms. The van der Waals surface area contributed by atoms with Gasteiger partial charge in [0.2, 0.25) is 5.78 Å². The number of nitriles is 1. The fourth-order valence-electron chi connectivity index (χ4n) is 2.17. The van der Waals surface area contributed by atoms with Crippen molar-refractivity contribution in [3.63, 3.8) is 0 Å². The quantitative estimate of drug-likeness (QED) is 0.692. The molecule has 0 radical (unpaired) electrons. The van der Waals surface area contributed by atoms with Crippen molar-refractivity contribution in [3.8, 4) is 6.07 Å². The number of benzene rings is 1. The van der Waals surface area contributed by atoms with Crippen LogP contribution in [0.25, 0.3) is 11.0 Å². The minimum absolute atomic E-state index is 0.138. The van der Waals surface area contributed by atoms with E-state index in [9.17, 15) is 14.9 Å². The van der Waals surface area contributed by atoms with E-state index >= 15 is 0 Å².